The van der Waals surface area contributed by atoms with Crippen LogP contribution < -0.4 is 0 Å². The van der Waals surface area contributed by atoms with Gasteiger partial charge in [0.15, 0.2) is 0 Å². The number of amides is 1. The van der Waals surface area contributed by atoms with E-state index >= 15 is 0 Å². The van der Waals surface area contributed by atoms with Crippen LogP contribution in [0.25, 0.3) is 5.69 Å². The van der Waals surface area contributed by atoms with Crippen molar-refractivity contribution >= 4 is 6.09 Å². The van der Waals surface area contributed by atoms with Crippen LogP contribution >= 0.6 is 0 Å². The summed E-state index contributed by atoms with van der Waals surface area (Å²) in [5.41, 5.74) is 2.88. The molecule has 1 aromatic carbocycles. The molecule has 1 atom stereocenters. The van der Waals surface area contributed by atoms with Crippen LogP contribution in [0.1, 0.15) is 38.0 Å². The van der Waals surface area contributed by atoms with Crippen molar-refractivity contribution in [2.75, 3.05) is 20.2 Å². The molecule has 0 fully saturated rings. The Morgan fingerprint density at radius 1 is 1.40 bits per heavy atom. The summed E-state index contributed by atoms with van der Waals surface area (Å²) in [6.07, 6.45) is 4.03. The number of hydrogen-bond acceptors (Lipinski definition) is 4. The van der Waals surface area contributed by atoms with Crippen molar-refractivity contribution in [3.05, 3.63) is 47.8 Å². The normalized spacial score (nSPS) is 17.0. The third kappa shape index (κ3) is 4.02. The van der Waals surface area contributed by atoms with Gasteiger partial charge in [0, 0.05) is 19.4 Å². The molecule has 0 aliphatic carbocycles. The topological polar surface area (TPSA) is 56.6 Å². The molecule has 134 valence electrons. The number of fused-ring (bicyclic) bond motifs is 1. The first-order valence-corrected chi connectivity index (χ1v) is 8.52. The maximum Gasteiger partial charge on any atom is 0.410 e. The molecule has 1 aliphatic rings. The molecule has 2 heterocycles. The van der Waals surface area contributed by atoms with Crippen molar-refractivity contribution in [1.82, 2.24) is 14.7 Å². The van der Waals surface area contributed by atoms with Gasteiger partial charge in [0.05, 0.1) is 18.8 Å². The highest BCUT2D eigenvalue weighted by Gasteiger charge is 2.27. The van der Waals surface area contributed by atoms with Gasteiger partial charge < -0.3 is 14.4 Å². The van der Waals surface area contributed by atoms with Crippen LogP contribution in [0.2, 0.25) is 0 Å². The van der Waals surface area contributed by atoms with E-state index in [4.69, 9.17) is 9.47 Å². The Morgan fingerprint density at radius 3 is 2.88 bits per heavy atom. The molecule has 6 heteroatoms. The van der Waals surface area contributed by atoms with E-state index in [0.717, 1.165) is 17.7 Å². The van der Waals surface area contributed by atoms with Crippen LogP contribution in [-0.2, 0) is 15.9 Å². The van der Waals surface area contributed by atoms with Crippen LogP contribution in [0.4, 0.5) is 4.79 Å². The second kappa shape index (κ2) is 6.88. The average Bonchev–Trinajstić information content (AvgIpc) is 3.07. The summed E-state index contributed by atoms with van der Waals surface area (Å²) < 4.78 is 13.3. The maximum atomic E-state index is 12.2. The highest BCUT2D eigenvalue weighted by Crippen LogP contribution is 2.31. The number of hydrogen-bond donors (Lipinski definition) is 0. The van der Waals surface area contributed by atoms with Crippen molar-refractivity contribution < 1.29 is 14.3 Å². The number of ether oxygens (including phenoxy) is 2. The summed E-state index contributed by atoms with van der Waals surface area (Å²) in [6, 6.07) is 8.04. The van der Waals surface area contributed by atoms with E-state index in [-0.39, 0.29) is 12.2 Å². The van der Waals surface area contributed by atoms with Crippen LogP contribution in [0, 0.1) is 0 Å². The van der Waals surface area contributed by atoms with Gasteiger partial charge in [0.2, 0.25) is 0 Å². The van der Waals surface area contributed by atoms with Crippen LogP contribution in [0.5, 0.6) is 0 Å². The van der Waals surface area contributed by atoms with E-state index in [0.29, 0.717) is 13.2 Å². The molecule has 1 aliphatic heterocycles. The molecule has 0 unspecified atom stereocenters. The molecule has 0 spiro atoms. The van der Waals surface area contributed by atoms with Crippen molar-refractivity contribution in [2.24, 2.45) is 0 Å². The van der Waals surface area contributed by atoms with Gasteiger partial charge in [-0.1, -0.05) is 12.1 Å². The third-order valence-corrected chi connectivity index (χ3v) is 4.10. The fraction of sp³-hybridized carbons (Fsp3) is 0.474. The van der Waals surface area contributed by atoms with E-state index in [1.165, 1.54) is 5.56 Å². The number of carbonyl (C=O) groups is 1. The zero-order chi connectivity index (χ0) is 18.0. The minimum atomic E-state index is -0.510. The number of aromatic nitrogens is 2. The van der Waals surface area contributed by atoms with Crippen LogP contribution in [0.3, 0.4) is 0 Å². The molecule has 3 rings (SSSR count). The van der Waals surface area contributed by atoms with Gasteiger partial charge in [-0.2, -0.15) is 5.10 Å². The van der Waals surface area contributed by atoms with Crippen LogP contribution in [0.15, 0.2) is 36.7 Å². The average molecular weight is 343 g/mol. The fourth-order valence-electron chi connectivity index (χ4n) is 3.00. The predicted molar refractivity (Wildman–Crippen MR) is 94.8 cm³/mol. The first-order chi connectivity index (χ1) is 11.8. The van der Waals surface area contributed by atoms with E-state index in [9.17, 15) is 4.79 Å². The van der Waals surface area contributed by atoms with Gasteiger partial charge in [-0.15, -0.1) is 0 Å². The number of carbonyl (C=O) groups excluding carboxylic acids is 1. The predicted octanol–water partition coefficient (Wildman–Crippen LogP) is 3.35. The standard InChI is InChI=1S/C19H25N3O3/c1-19(2,3)25-18(23)21(4)13-17-15-7-5-8-16(14(15)9-12-24-17)22-11-6-10-20-22/h5-8,10-11,17H,9,12-13H2,1-4H3/t17-/m0/s1. The summed E-state index contributed by atoms with van der Waals surface area (Å²) in [6.45, 7) is 6.66. The first-order valence-electron chi connectivity index (χ1n) is 8.52. The lowest BCUT2D eigenvalue weighted by atomic mass is 9.95. The number of benzene rings is 1. The highest BCUT2D eigenvalue weighted by molar-refractivity contribution is 5.67. The number of rotatable bonds is 3. The highest BCUT2D eigenvalue weighted by atomic mass is 16.6. The Balaban J connectivity index is 1.80. The van der Waals surface area contributed by atoms with Gasteiger partial charge in [-0.25, -0.2) is 9.48 Å². The van der Waals surface area contributed by atoms with Gasteiger partial charge in [0.25, 0.3) is 0 Å². The van der Waals surface area contributed by atoms with Crippen molar-refractivity contribution in [1.29, 1.82) is 0 Å². The smallest absolute Gasteiger partial charge is 0.410 e. The third-order valence-electron chi connectivity index (χ3n) is 4.10. The molecule has 0 saturated carbocycles. The zero-order valence-corrected chi connectivity index (χ0v) is 15.2. The Bertz CT molecular complexity index is 735. The summed E-state index contributed by atoms with van der Waals surface area (Å²) in [7, 11) is 1.74. The van der Waals surface area contributed by atoms with Gasteiger partial charge >= 0.3 is 6.09 Å². The molecule has 25 heavy (non-hydrogen) atoms. The Labute approximate surface area is 148 Å². The molecule has 1 aromatic heterocycles. The number of likely N-dealkylation sites (N-methyl/N-ethyl adjacent to an activating group) is 1. The molecule has 0 N–H and O–H groups in total. The maximum absolute atomic E-state index is 12.2. The van der Waals surface area contributed by atoms with Gasteiger partial charge in [0.1, 0.15) is 11.7 Å². The SMILES string of the molecule is CN(C[C@@H]1OCCc2c1cccc2-n1cccn1)C(=O)OC(C)(C)C. The zero-order valence-electron chi connectivity index (χ0n) is 15.2. The lowest BCUT2D eigenvalue weighted by Gasteiger charge is -2.31. The minimum absolute atomic E-state index is 0.170. The fourth-order valence-corrected chi connectivity index (χ4v) is 3.00. The molecule has 0 saturated heterocycles. The van der Waals surface area contributed by atoms with Crippen molar-refractivity contribution in [3.8, 4) is 5.69 Å². The lowest BCUT2D eigenvalue weighted by molar-refractivity contribution is -0.00165. The Morgan fingerprint density at radius 2 is 2.20 bits per heavy atom. The summed E-state index contributed by atoms with van der Waals surface area (Å²) in [5, 5.41) is 4.34. The minimum Gasteiger partial charge on any atom is -0.444 e. The lowest BCUT2D eigenvalue weighted by Crippen LogP contribution is -2.38. The largest absolute Gasteiger partial charge is 0.444 e. The number of nitrogens with zero attached hydrogens (tertiary/aromatic N) is 3. The van der Waals surface area contributed by atoms with Crippen LogP contribution in [-0.4, -0.2) is 46.6 Å². The van der Waals surface area contributed by atoms with E-state index < -0.39 is 5.60 Å². The first kappa shape index (κ1) is 17.5. The Hall–Kier alpha value is -2.34. The monoisotopic (exact) mass is 343 g/mol. The molecule has 6 nitrogen and oxygen atoms in total. The molecule has 0 radical (unpaired) electrons. The van der Waals surface area contributed by atoms with E-state index in [1.807, 2.05) is 43.8 Å². The second-order valence-corrected chi connectivity index (χ2v) is 7.27. The summed E-state index contributed by atoms with van der Waals surface area (Å²) >= 11 is 0. The Kier molecular flexibility index (Phi) is 4.81. The molecular weight excluding hydrogens is 318 g/mol. The summed E-state index contributed by atoms with van der Waals surface area (Å²) in [5.74, 6) is 0. The van der Waals surface area contributed by atoms with Gasteiger partial charge in [-0.3, -0.25) is 0 Å². The molecular formula is C19H25N3O3. The second-order valence-electron chi connectivity index (χ2n) is 7.27. The van der Waals surface area contributed by atoms with E-state index in [1.54, 1.807) is 18.1 Å². The molecule has 2 aromatic rings. The van der Waals surface area contributed by atoms with Gasteiger partial charge in [-0.05, 0) is 50.5 Å². The molecule has 1 amide bonds. The van der Waals surface area contributed by atoms with Crippen molar-refractivity contribution in [3.63, 3.8) is 0 Å². The molecule has 0 bridgehead atoms. The van der Waals surface area contributed by atoms with Crippen molar-refractivity contribution in [2.45, 2.75) is 38.9 Å². The summed E-state index contributed by atoms with van der Waals surface area (Å²) in [4.78, 5) is 13.8. The van der Waals surface area contributed by atoms with E-state index in [2.05, 4.69) is 17.2 Å². The quantitative estimate of drug-likeness (QED) is 0.857.